The van der Waals surface area contributed by atoms with Crippen molar-refractivity contribution in [3.05, 3.63) is 41.5 Å². The van der Waals surface area contributed by atoms with Gasteiger partial charge in [-0.2, -0.15) is 4.37 Å². The van der Waals surface area contributed by atoms with E-state index in [1.807, 2.05) is 6.92 Å². The second-order valence-corrected chi connectivity index (χ2v) is 4.10. The number of benzene rings is 1. The lowest BCUT2D eigenvalue weighted by Crippen LogP contribution is -1.96. The molecule has 0 bridgehead atoms. The molecule has 1 heterocycles. The topological polar surface area (TPSA) is 37.8 Å². The molecule has 0 amide bonds. The Kier molecular flexibility index (Phi) is 3.46. The van der Waals surface area contributed by atoms with E-state index in [2.05, 4.69) is 14.7 Å². The predicted molar refractivity (Wildman–Crippen MR) is 63.3 cm³/mol. The Morgan fingerprint density at radius 3 is 2.75 bits per heavy atom. The number of nitrogens with zero attached hydrogens (tertiary/aromatic N) is 2. The third kappa shape index (κ3) is 2.76. The lowest BCUT2D eigenvalue weighted by Gasteiger charge is -1.96. The highest BCUT2D eigenvalue weighted by atomic mass is 32.1. The van der Waals surface area contributed by atoms with Gasteiger partial charge in [-0.05, 0) is 24.6 Å². The average Bonchev–Trinajstić information content (AvgIpc) is 2.70. The molecule has 0 aliphatic rings. The molecule has 2 rings (SSSR count). The van der Waals surface area contributed by atoms with Gasteiger partial charge < -0.3 is 5.32 Å². The van der Waals surface area contributed by atoms with Crippen molar-refractivity contribution in [2.45, 2.75) is 13.3 Å². The molecular formula is C11H12FN3S. The zero-order valence-electron chi connectivity index (χ0n) is 8.90. The summed E-state index contributed by atoms with van der Waals surface area (Å²) < 4.78 is 16.9. The highest BCUT2D eigenvalue weighted by Gasteiger charge is 2.04. The average molecular weight is 237 g/mol. The van der Waals surface area contributed by atoms with Gasteiger partial charge in [0.05, 0.1) is 0 Å². The Morgan fingerprint density at radius 1 is 1.31 bits per heavy atom. The quantitative estimate of drug-likeness (QED) is 0.888. The zero-order chi connectivity index (χ0) is 11.4. The standard InChI is InChI=1S/C11H12FN3S/c1-2-13-11-14-10(15-16-11)7-8-3-5-9(12)6-4-8/h3-6H,2,7H2,1H3,(H,13,14,15). The fourth-order valence-corrected chi connectivity index (χ4v) is 1.99. The maximum Gasteiger partial charge on any atom is 0.202 e. The van der Waals surface area contributed by atoms with Crippen LogP contribution in [-0.2, 0) is 6.42 Å². The molecule has 84 valence electrons. The molecule has 16 heavy (non-hydrogen) atoms. The summed E-state index contributed by atoms with van der Waals surface area (Å²) in [7, 11) is 0. The Balaban J connectivity index is 2.05. The Morgan fingerprint density at radius 2 is 2.06 bits per heavy atom. The van der Waals surface area contributed by atoms with Gasteiger partial charge in [0, 0.05) is 24.5 Å². The van der Waals surface area contributed by atoms with Gasteiger partial charge in [0.2, 0.25) is 5.13 Å². The summed E-state index contributed by atoms with van der Waals surface area (Å²) in [6.07, 6.45) is 0.641. The molecule has 0 fully saturated rings. The van der Waals surface area contributed by atoms with Gasteiger partial charge in [-0.3, -0.25) is 0 Å². The van der Waals surface area contributed by atoms with Crippen LogP contribution in [0.4, 0.5) is 9.52 Å². The Hall–Kier alpha value is -1.49. The van der Waals surface area contributed by atoms with E-state index < -0.39 is 0 Å². The summed E-state index contributed by atoms with van der Waals surface area (Å²) in [4.78, 5) is 4.32. The van der Waals surface area contributed by atoms with Crippen molar-refractivity contribution in [1.82, 2.24) is 9.36 Å². The van der Waals surface area contributed by atoms with Gasteiger partial charge in [0.1, 0.15) is 11.6 Å². The van der Waals surface area contributed by atoms with Crippen LogP contribution in [-0.4, -0.2) is 15.9 Å². The summed E-state index contributed by atoms with van der Waals surface area (Å²) in [6, 6.07) is 6.41. The number of nitrogens with one attached hydrogen (secondary N) is 1. The molecule has 0 aliphatic carbocycles. The first-order valence-corrected chi connectivity index (χ1v) is 5.86. The summed E-state index contributed by atoms with van der Waals surface area (Å²) in [6.45, 7) is 2.85. The lowest BCUT2D eigenvalue weighted by molar-refractivity contribution is 0.627. The van der Waals surface area contributed by atoms with Crippen LogP contribution < -0.4 is 5.32 Å². The maximum absolute atomic E-state index is 12.7. The highest BCUT2D eigenvalue weighted by molar-refractivity contribution is 7.09. The van der Waals surface area contributed by atoms with Gasteiger partial charge in [-0.1, -0.05) is 12.1 Å². The zero-order valence-corrected chi connectivity index (χ0v) is 9.72. The van der Waals surface area contributed by atoms with Crippen LogP contribution in [0.2, 0.25) is 0 Å². The van der Waals surface area contributed by atoms with E-state index in [0.717, 1.165) is 23.1 Å². The van der Waals surface area contributed by atoms with Crippen molar-refractivity contribution in [1.29, 1.82) is 0 Å². The van der Waals surface area contributed by atoms with Crippen LogP contribution in [0.25, 0.3) is 0 Å². The van der Waals surface area contributed by atoms with E-state index in [1.165, 1.54) is 23.7 Å². The number of hydrogen-bond acceptors (Lipinski definition) is 4. The number of hydrogen-bond donors (Lipinski definition) is 1. The molecule has 0 unspecified atom stereocenters. The summed E-state index contributed by atoms with van der Waals surface area (Å²) in [5, 5.41) is 3.94. The largest absolute Gasteiger partial charge is 0.361 e. The predicted octanol–water partition coefficient (Wildman–Crippen LogP) is 2.70. The van der Waals surface area contributed by atoms with Crippen LogP contribution in [0.3, 0.4) is 0 Å². The third-order valence-corrected chi connectivity index (χ3v) is 2.78. The second-order valence-electron chi connectivity index (χ2n) is 3.35. The first kappa shape index (κ1) is 11.0. The van der Waals surface area contributed by atoms with Crippen LogP contribution >= 0.6 is 11.5 Å². The van der Waals surface area contributed by atoms with E-state index in [1.54, 1.807) is 12.1 Å². The van der Waals surface area contributed by atoms with E-state index in [4.69, 9.17) is 0 Å². The van der Waals surface area contributed by atoms with Crippen molar-refractivity contribution in [2.24, 2.45) is 0 Å². The molecule has 2 aromatic rings. The first-order valence-electron chi connectivity index (χ1n) is 5.09. The van der Waals surface area contributed by atoms with Gasteiger partial charge in [-0.25, -0.2) is 9.37 Å². The Bertz CT molecular complexity index is 453. The normalized spacial score (nSPS) is 10.4. The minimum atomic E-state index is -0.219. The summed E-state index contributed by atoms with van der Waals surface area (Å²) in [5.41, 5.74) is 1.02. The molecule has 1 N–H and O–H groups in total. The molecule has 1 aromatic heterocycles. The van der Waals surface area contributed by atoms with E-state index >= 15 is 0 Å². The molecule has 3 nitrogen and oxygen atoms in total. The molecule has 0 aliphatic heterocycles. The van der Waals surface area contributed by atoms with E-state index in [9.17, 15) is 4.39 Å². The number of halogens is 1. The number of aromatic nitrogens is 2. The minimum absolute atomic E-state index is 0.219. The Labute approximate surface area is 97.5 Å². The number of anilines is 1. The van der Waals surface area contributed by atoms with Crippen LogP contribution in [0.5, 0.6) is 0 Å². The third-order valence-electron chi connectivity index (χ3n) is 2.07. The first-order chi connectivity index (χ1) is 7.78. The fraction of sp³-hybridized carbons (Fsp3) is 0.273. The molecule has 0 saturated carbocycles. The van der Waals surface area contributed by atoms with Crippen molar-refractivity contribution in [3.63, 3.8) is 0 Å². The van der Waals surface area contributed by atoms with Crippen LogP contribution in [0.1, 0.15) is 18.3 Å². The van der Waals surface area contributed by atoms with Crippen molar-refractivity contribution >= 4 is 16.7 Å². The monoisotopic (exact) mass is 237 g/mol. The van der Waals surface area contributed by atoms with E-state index in [-0.39, 0.29) is 5.82 Å². The van der Waals surface area contributed by atoms with Gasteiger partial charge in [-0.15, -0.1) is 0 Å². The van der Waals surface area contributed by atoms with Crippen LogP contribution in [0.15, 0.2) is 24.3 Å². The molecule has 0 atom stereocenters. The van der Waals surface area contributed by atoms with Crippen molar-refractivity contribution in [2.75, 3.05) is 11.9 Å². The lowest BCUT2D eigenvalue weighted by atomic mass is 10.1. The SMILES string of the molecule is CCNc1nc(Cc2ccc(F)cc2)ns1. The molecule has 0 spiro atoms. The van der Waals surface area contributed by atoms with Gasteiger partial charge in [0.25, 0.3) is 0 Å². The second kappa shape index (κ2) is 5.03. The molecular weight excluding hydrogens is 225 g/mol. The van der Waals surface area contributed by atoms with Crippen molar-refractivity contribution in [3.8, 4) is 0 Å². The summed E-state index contributed by atoms with van der Waals surface area (Å²) in [5.74, 6) is 0.552. The fourth-order valence-electron chi connectivity index (χ4n) is 1.33. The number of rotatable bonds is 4. The molecule has 1 aromatic carbocycles. The van der Waals surface area contributed by atoms with Gasteiger partial charge >= 0.3 is 0 Å². The molecule has 5 heteroatoms. The van der Waals surface area contributed by atoms with Gasteiger partial charge in [0.15, 0.2) is 0 Å². The molecule has 0 radical (unpaired) electrons. The maximum atomic E-state index is 12.7. The minimum Gasteiger partial charge on any atom is -0.361 e. The smallest absolute Gasteiger partial charge is 0.202 e. The van der Waals surface area contributed by atoms with Crippen LogP contribution in [0, 0.1) is 5.82 Å². The van der Waals surface area contributed by atoms with E-state index in [0.29, 0.717) is 6.42 Å². The summed E-state index contributed by atoms with van der Waals surface area (Å²) >= 11 is 1.35. The van der Waals surface area contributed by atoms with Crippen molar-refractivity contribution < 1.29 is 4.39 Å². The highest BCUT2D eigenvalue weighted by Crippen LogP contribution is 2.14. The molecule has 0 saturated heterocycles.